The maximum Gasteiger partial charge on any atom is 0.242 e. The van der Waals surface area contributed by atoms with Crippen LogP contribution in [0.2, 0.25) is 0 Å². The van der Waals surface area contributed by atoms with E-state index in [0.29, 0.717) is 5.69 Å². The highest BCUT2D eigenvalue weighted by atomic mass is 32.2. The quantitative estimate of drug-likeness (QED) is 0.793. The summed E-state index contributed by atoms with van der Waals surface area (Å²) in [5.41, 5.74) is 1.87. The molecule has 0 bridgehead atoms. The van der Waals surface area contributed by atoms with Gasteiger partial charge in [0.15, 0.2) is 0 Å². The van der Waals surface area contributed by atoms with E-state index >= 15 is 0 Å². The van der Waals surface area contributed by atoms with Crippen LogP contribution in [0.3, 0.4) is 0 Å². The standard InChI is InChI=1S/C16H14N4OS2/c21-16(15-12-3-7-22-13(12)4-8-23-15)19-11-1-2-14(18-9-11)20-6-5-17-10-20/h1-3,5-7,9-10,15H,4,8H2,(H,19,21)/t15-/m1/s1. The molecule has 0 saturated carbocycles. The highest BCUT2D eigenvalue weighted by Gasteiger charge is 2.28. The third-order valence-corrected chi connectivity index (χ3v) is 5.94. The van der Waals surface area contributed by atoms with Crippen molar-refractivity contribution >= 4 is 34.7 Å². The molecule has 1 aliphatic rings. The Morgan fingerprint density at radius 2 is 2.30 bits per heavy atom. The molecule has 0 saturated heterocycles. The summed E-state index contributed by atoms with van der Waals surface area (Å²) in [6.07, 6.45) is 7.96. The molecule has 3 aromatic heterocycles. The number of amides is 1. The van der Waals surface area contributed by atoms with Gasteiger partial charge in [-0.3, -0.25) is 9.36 Å². The molecule has 0 spiro atoms. The Morgan fingerprint density at radius 1 is 1.35 bits per heavy atom. The van der Waals surface area contributed by atoms with Crippen LogP contribution in [0.5, 0.6) is 0 Å². The number of rotatable bonds is 3. The van der Waals surface area contributed by atoms with E-state index < -0.39 is 0 Å². The molecule has 0 aliphatic carbocycles. The van der Waals surface area contributed by atoms with Gasteiger partial charge in [0, 0.05) is 17.3 Å². The van der Waals surface area contributed by atoms with Gasteiger partial charge in [-0.15, -0.1) is 23.1 Å². The van der Waals surface area contributed by atoms with Crippen molar-refractivity contribution in [3.05, 3.63) is 58.9 Å². The van der Waals surface area contributed by atoms with Crippen LogP contribution in [0, 0.1) is 0 Å². The van der Waals surface area contributed by atoms with Gasteiger partial charge in [0.1, 0.15) is 17.4 Å². The SMILES string of the molecule is O=C(Nc1ccc(-n2ccnc2)nc1)[C@@H]1SCCc2sccc21. The van der Waals surface area contributed by atoms with Gasteiger partial charge in [0.2, 0.25) is 5.91 Å². The van der Waals surface area contributed by atoms with Crippen molar-refractivity contribution in [2.24, 2.45) is 0 Å². The molecule has 4 rings (SSSR count). The van der Waals surface area contributed by atoms with Gasteiger partial charge in [0.05, 0.1) is 11.9 Å². The smallest absolute Gasteiger partial charge is 0.242 e. The summed E-state index contributed by atoms with van der Waals surface area (Å²) in [6, 6.07) is 5.79. The van der Waals surface area contributed by atoms with E-state index in [-0.39, 0.29) is 11.2 Å². The lowest BCUT2D eigenvalue weighted by atomic mass is 10.1. The number of carbonyl (C=O) groups excluding carboxylic acids is 1. The van der Waals surface area contributed by atoms with E-state index in [0.717, 1.165) is 23.6 Å². The molecule has 1 atom stereocenters. The van der Waals surface area contributed by atoms with Gasteiger partial charge in [0.25, 0.3) is 0 Å². The molecular formula is C16H14N4OS2. The Morgan fingerprint density at radius 3 is 3.09 bits per heavy atom. The van der Waals surface area contributed by atoms with Gasteiger partial charge in [-0.05, 0) is 41.3 Å². The van der Waals surface area contributed by atoms with Gasteiger partial charge in [-0.1, -0.05) is 0 Å². The first kappa shape index (κ1) is 14.5. The zero-order valence-electron chi connectivity index (χ0n) is 12.2. The molecule has 0 unspecified atom stereocenters. The van der Waals surface area contributed by atoms with Crippen LogP contribution >= 0.6 is 23.1 Å². The number of fused-ring (bicyclic) bond motifs is 1. The summed E-state index contributed by atoms with van der Waals surface area (Å²) in [5.74, 6) is 1.78. The summed E-state index contributed by atoms with van der Waals surface area (Å²) >= 11 is 3.44. The van der Waals surface area contributed by atoms with Crippen molar-refractivity contribution in [1.82, 2.24) is 14.5 Å². The summed E-state index contributed by atoms with van der Waals surface area (Å²) in [6.45, 7) is 0. The number of carbonyl (C=O) groups is 1. The predicted octanol–water partition coefficient (Wildman–Crippen LogP) is 3.30. The average Bonchev–Trinajstić information content (AvgIpc) is 3.26. The number of nitrogens with one attached hydrogen (secondary N) is 1. The van der Waals surface area contributed by atoms with E-state index in [1.54, 1.807) is 41.8 Å². The Labute approximate surface area is 141 Å². The molecule has 1 amide bonds. The predicted molar refractivity (Wildman–Crippen MR) is 93.2 cm³/mol. The monoisotopic (exact) mass is 342 g/mol. The van der Waals surface area contributed by atoms with Crippen LogP contribution in [-0.4, -0.2) is 26.2 Å². The average molecular weight is 342 g/mol. The number of nitrogens with zero attached hydrogens (tertiary/aromatic N) is 3. The van der Waals surface area contributed by atoms with Crippen molar-refractivity contribution in [2.45, 2.75) is 11.7 Å². The zero-order valence-corrected chi connectivity index (χ0v) is 13.8. The maximum absolute atomic E-state index is 12.6. The number of hydrogen-bond donors (Lipinski definition) is 1. The minimum atomic E-state index is -0.127. The van der Waals surface area contributed by atoms with Crippen LogP contribution in [0.1, 0.15) is 15.7 Å². The van der Waals surface area contributed by atoms with Crippen molar-refractivity contribution in [1.29, 1.82) is 0 Å². The largest absolute Gasteiger partial charge is 0.323 e. The first-order chi connectivity index (χ1) is 11.3. The van der Waals surface area contributed by atoms with E-state index in [9.17, 15) is 4.79 Å². The number of hydrogen-bond acceptors (Lipinski definition) is 5. The lowest BCUT2D eigenvalue weighted by molar-refractivity contribution is -0.115. The molecule has 0 radical (unpaired) electrons. The second-order valence-electron chi connectivity index (χ2n) is 5.16. The summed E-state index contributed by atoms with van der Waals surface area (Å²) in [4.78, 5) is 22.3. The van der Waals surface area contributed by atoms with E-state index in [1.807, 2.05) is 22.9 Å². The number of aromatic nitrogens is 3. The second kappa shape index (κ2) is 6.17. The zero-order chi connectivity index (χ0) is 15.6. The summed E-state index contributed by atoms with van der Waals surface area (Å²) < 4.78 is 1.82. The third kappa shape index (κ3) is 2.89. The molecule has 7 heteroatoms. The number of thioether (sulfide) groups is 1. The van der Waals surface area contributed by atoms with E-state index in [4.69, 9.17) is 0 Å². The Kier molecular flexibility index (Phi) is 3.88. The number of pyridine rings is 1. The van der Waals surface area contributed by atoms with Crippen LogP contribution in [0.15, 0.2) is 48.5 Å². The third-order valence-electron chi connectivity index (χ3n) is 3.70. The molecule has 23 heavy (non-hydrogen) atoms. The second-order valence-corrected chi connectivity index (χ2v) is 7.38. The fourth-order valence-corrected chi connectivity index (χ4v) is 4.87. The fourth-order valence-electron chi connectivity index (χ4n) is 2.58. The van der Waals surface area contributed by atoms with Crippen LogP contribution in [-0.2, 0) is 11.2 Å². The minimum absolute atomic E-state index is 0.0199. The molecule has 1 aliphatic heterocycles. The highest BCUT2D eigenvalue weighted by Crippen LogP contribution is 2.39. The lowest BCUT2D eigenvalue weighted by Gasteiger charge is -2.21. The maximum atomic E-state index is 12.6. The van der Waals surface area contributed by atoms with E-state index in [2.05, 4.69) is 26.7 Å². The van der Waals surface area contributed by atoms with Gasteiger partial charge in [-0.25, -0.2) is 9.97 Å². The number of aryl methyl sites for hydroxylation is 1. The first-order valence-corrected chi connectivity index (χ1v) is 9.17. The normalized spacial score (nSPS) is 16.8. The molecule has 0 fully saturated rings. The lowest BCUT2D eigenvalue weighted by Crippen LogP contribution is -2.22. The Balaban J connectivity index is 1.49. The van der Waals surface area contributed by atoms with Crippen molar-refractivity contribution in [2.75, 3.05) is 11.1 Å². The topological polar surface area (TPSA) is 59.8 Å². The van der Waals surface area contributed by atoms with Gasteiger partial charge >= 0.3 is 0 Å². The number of imidazole rings is 1. The van der Waals surface area contributed by atoms with Crippen molar-refractivity contribution < 1.29 is 4.79 Å². The van der Waals surface area contributed by atoms with Crippen LogP contribution < -0.4 is 5.32 Å². The van der Waals surface area contributed by atoms with Gasteiger partial charge in [-0.2, -0.15) is 0 Å². The molecule has 116 valence electrons. The summed E-state index contributed by atoms with van der Waals surface area (Å²) in [7, 11) is 0. The molecular weight excluding hydrogens is 328 g/mol. The summed E-state index contributed by atoms with van der Waals surface area (Å²) in [5, 5.41) is 4.91. The molecule has 0 aromatic carbocycles. The van der Waals surface area contributed by atoms with Crippen molar-refractivity contribution in [3.63, 3.8) is 0 Å². The highest BCUT2D eigenvalue weighted by molar-refractivity contribution is 8.00. The fraction of sp³-hybridized carbons (Fsp3) is 0.188. The van der Waals surface area contributed by atoms with Crippen LogP contribution in [0.4, 0.5) is 5.69 Å². The Hall–Kier alpha value is -2.12. The number of anilines is 1. The van der Waals surface area contributed by atoms with Crippen molar-refractivity contribution in [3.8, 4) is 5.82 Å². The molecule has 4 heterocycles. The first-order valence-electron chi connectivity index (χ1n) is 7.24. The molecule has 1 N–H and O–H groups in total. The Bertz CT molecular complexity index is 811. The van der Waals surface area contributed by atoms with Crippen LogP contribution in [0.25, 0.3) is 5.82 Å². The van der Waals surface area contributed by atoms with Gasteiger partial charge < -0.3 is 5.32 Å². The molecule has 5 nitrogen and oxygen atoms in total. The minimum Gasteiger partial charge on any atom is -0.323 e. The molecule has 3 aromatic rings. The number of thiophene rings is 1. The van der Waals surface area contributed by atoms with E-state index in [1.165, 1.54) is 4.88 Å².